The smallest absolute Gasteiger partial charge is 0.462 e. The Labute approximate surface area is 274 Å². The fourth-order valence-corrected chi connectivity index (χ4v) is 6.26. The Morgan fingerprint density at radius 1 is 0.587 bits per heavy atom. The fraction of sp³-hybridized carbons (Fsp3) is 0.938. The molecular formula is C32H61O13P. The van der Waals surface area contributed by atoms with Gasteiger partial charge in [-0.2, -0.15) is 0 Å². The predicted molar refractivity (Wildman–Crippen MR) is 171 cm³/mol. The third-order valence-corrected chi connectivity index (χ3v) is 9.18. The largest absolute Gasteiger partial charge is 0.472 e. The first-order chi connectivity index (χ1) is 21.9. The highest BCUT2D eigenvalue weighted by Gasteiger charge is 2.51. The lowest BCUT2D eigenvalue weighted by Crippen LogP contribution is -2.64. The predicted octanol–water partition coefficient (Wildman–Crippen LogP) is 4.21. The van der Waals surface area contributed by atoms with Crippen LogP contribution < -0.4 is 0 Å². The minimum absolute atomic E-state index is 0.102. The Hall–Kier alpha value is -1.15. The lowest BCUT2D eigenvalue weighted by molar-refractivity contribution is -0.220. The van der Waals surface area contributed by atoms with Gasteiger partial charge in [-0.05, 0) is 12.8 Å². The molecule has 1 aliphatic carbocycles. The third kappa shape index (κ3) is 18.4. The zero-order chi connectivity index (χ0) is 34.4. The Morgan fingerprint density at radius 3 is 1.43 bits per heavy atom. The molecule has 1 rings (SSSR count). The Bertz CT molecular complexity index is 844. The van der Waals surface area contributed by atoms with E-state index in [9.17, 15) is 44.6 Å². The van der Waals surface area contributed by atoms with Gasteiger partial charge in [0.25, 0.3) is 0 Å². The minimum atomic E-state index is -5.09. The molecule has 6 unspecified atom stereocenters. The van der Waals surface area contributed by atoms with Gasteiger partial charge >= 0.3 is 19.8 Å². The molecule has 14 heteroatoms. The normalized spacial score (nSPS) is 25.1. The number of ether oxygens (including phenoxy) is 2. The summed E-state index contributed by atoms with van der Waals surface area (Å²) < 4.78 is 33.1. The SMILES string of the molecule is CCCCCCCCCCCCCC(=O)OC(COC(=O)CCCCCCCC)COP(=O)(O)OC1C(O)C(O)C(O)C(O)C1O. The number of hydrogen-bond acceptors (Lipinski definition) is 12. The summed E-state index contributed by atoms with van der Waals surface area (Å²) in [5, 5.41) is 49.7. The molecule has 272 valence electrons. The summed E-state index contributed by atoms with van der Waals surface area (Å²) in [6, 6.07) is 0. The van der Waals surface area contributed by atoms with Crippen molar-refractivity contribution in [2.75, 3.05) is 13.2 Å². The standard InChI is InChI=1S/C32H61O13P/c1-3-5-7-9-11-12-13-14-15-17-19-21-26(34)44-24(22-42-25(33)20-18-16-10-8-6-4-2)23-43-46(40,41)45-32-30(38)28(36)27(35)29(37)31(32)39/h24,27-32,35-39H,3-23H2,1-2H3,(H,40,41). The van der Waals surface area contributed by atoms with Gasteiger partial charge in [-0.15, -0.1) is 0 Å². The summed E-state index contributed by atoms with van der Waals surface area (Å²) in [5.41, 5.74) is 0. The van der Waals surface area contributed by atoms with Crippen molar-refractivity contribution < 1.29 is 63.1 Å². The number of rotatable bonds is 27. The Kier molecular flexibility index (Phi) is 23.2. The molecule has 46 heavy (non-hydrogen) atoms. The van der Waals surface area contributed by atoms with Gasteiger partial charge in [0.15, 0.2) is 6.10 Å². The van der Waals surface area contributed by atoms with E-state index in [-0.39, 0.29) is 12.8 Å². The monoisotopic (exact) mass is 684 g/mol. The lowest BCUT2D eigenvalue weighted by atomic mass is 9.85. The van der Waals surface area contributed by atoms with Crippen LogP contribution in [0.3, 0.4) is 0 Å². The van der Waals surface area contributed by atoms with Gasteiger partial charge in [0.1, 0.15) is 43.2 Å². The summed E-state index contributed by atoms with van der Waals surface area (Å²) in [5.74, 6) is -1.11. The number of carbonyl (C=O) groups is 2. The molecular weight excluding hydrogens is 623 g/mol. The van der Waals surface area contributed by atoms with E-state index < -0.39 is 75.7 Å². The quantitative estimate of drug-likeness (QED) is 0.0407. The maximum atomic E-state index is 12.6. The molecule has 0 aromatic heterocycles. The van der Waals surface area contributed by atoms with Gasteiger partial charge in [0.2, 0.25) is 0 Å². The van der Waals surface area contributed by atoms with E-state index in [0.717, 1.165) is 57.8 Å². The van der Waals surface area contributed by atoms with Crippen molar-refractivity contribution in [3.05, 3.63) is 0 Å². The number of esters is 2. The van der Waals surface area contributed by atoms with Crippen LogP contribution in [0.5, 0.6) is 0 Å². The van der Waals surface area contributed by atoms with Crippen molar-refractivity contribution in [3.63, 3.8) is 0 Å². The molecule has 0 aliphatic heterocycles. The first-order valence-corrected chi connectivity index (χ1v) is 18.8. The van der Waals surface area contributed by atoms with Gasteiger partial charge in [-0.3, -0.25) is 18.6 Å². The summed E-state index contributed by atoms with van der Waals surface area (Å²) in [6.07, 6.45) is 5.22. The molecule has 0 radical (unpaired) electrons. The Morgan fingerprint density at radius 2 is 0.978 bits per heavy atom. The van der Waals surface area contributed by atoms with E-state index in [1.165, 1.54) is 38.5 Å². The maximum absolute atomic E-state index is 12.6. The molecule has 1 aliphatic rings. The summed E-state index contributed by atoms with van der Waals surface area (Å²) in [4.78, 5) is 35.1. The molecule has 0 spiro atoms. The van der Waals surface area contributed by atoms with E-state index in [1.54, 1.807) is 0 Å². The van der Waals surface area contributed by atoms with Crippen LogP contribution in [0.2, 0.25) is 0 Å². The van der Waals surface area contributed by atoms with Crippen LogP contribution in [0.25, 0.3) is 0 Å². The first-order valence-electron chi connectivity index (χ1n) is 17.3. The summed E-state index contributed by atoms with van der Waals surface area (Å²) in [6.45, 7) is 3.16. The molecule has 1 saturated carbocycles. The van der Waals surface area contributed by atoms with E-state index >= 15 is 0 Å². The average molecular weight is 685 g/mol. The van der Waals surface area contributed by atoms with Crippen LogP contribution in [0.1, 0.15) is 136 Å². The van der Waals surface area contributed by atoms with Crippen LogP contribution in [-0.2, 0) is 32.7 Å². The number of hydrogen-bond donors (Lipinski definition) is 6. The molecule has 0 bridgehead atoms. The van der Waals surface area contributed by atoms with Gasteiger partial charge in [0.05, 0.1) is 6.61 Å². The van der Waals surface area contributed by atoms with Crippen LogP contribution in [-0.4, -0.2) is 98.3 Å². The average Bonchev–Trinajstić information content (AvgIpc) is 3.03. The van der Waals surface area contributed by atoms with Crippen molar-refractivity contribution in [3.8, 4) is 0 Å². The number of phosphoric ester groups is 1. The second-order valence-electron chi connectivity index (χ2n) is 12.4. The van der Waals surface area contributed by atoms with Gasteiger partial charge < -0.3 is 39.9 Å². The van der Waals surface area contributed by atoms with Crippen LogP contribution in [0.4, 0.5) is 0 Å². The van der Waals surface area contributed by atoms with Gasteiger partial charge in [0, 0.05) is 12.8 Å². The molecule has 13 nitrogen and oxygen atoms in total. The molecule has 0 heterocycles. The highest BCUT2D eigenvalue weighted by atomic mass is 31.2. The molecule has 6 atom stereocenters. The highest BCUT2D eigenvalue weighted by molar-refractivity contribution is 7.47. The lowest BCUT2D eigenvalue weighted by Gasteiger charge is -2.41. The Balaban J connectivity index is 2.59. The highest BCUT2D eigenvalue weighted by Crippen LogP contribution is 2.47. The molecule has 0 aromatic carbocycles. The summed E-state index contributed by atoms with van der Waals surface area (Å²) in [7, 11) is -5.09. The number of phosphoric acid groups is 1. The number of unbranched alkanes of at least 4 members (excludes halogenated alkanes) is 15. The number of aliphatic hydroxyl groups is 5. The topological polar surface area (TPSA) is 210 Å². The maximum Gasteiger partial charge on any atom is 0.472 e. The van der Waals surface area contributed by atoms with Crippen molar-refractivity contribution in [1.29, 1.82) is 0 Å². The minimum Gasteiger partial charge on any atom is -0.462 e. The van der Waals surface area contributed by atoms with Crippen LogP contribution in [0, 0.1) is 0 Å². The van der Waals surface area contributed by atoms with Crippen molar-refractivity contribution >= 4 is 19.8 Å². The van der Waals surface area contributed by atoms with E-state index in [2.05, 4.69) is 13.8 Å². The summed E-state index contributed by atoms with van der Waals surface area (Å²) >= 11 is 0. The molecule has 1 fully saturated rings. The van der Waals surface area contributed by atoms with Crippen molar-refractivity contribution in [2.24, 2.45) is 0 Å². The van der Waals surface area contributed by atoms with E-state index in [1.807, 2.05) is 0 Å². The molecule has 0 saturated heterocycles. The second kappa shape index (κ2) is 24.9. The number of aliphatic hydroxyl groups excluding tert-OH is 5. The second-order valence-corrected chi connectivity index (χ2v) is 13.8. The fourth-order valence-electron chi connectivity index (χ4n) is 5.29. The first kappa shape index (κ1) is 42.9. The number of carbonyl (C=O) groups excluding carboxylic acids is 2. The molecule has 0 aromatic rings. The molecule has 0 amide bonds. The zero-order valence-corrected chi connectivity index (χ0v) is 28.8. The van der Waals surface area contributed by atoms with Crippen LogP contribution in [0.15, 0.2) is 0 Å². The molecule has 6 N–H and O–H groups in total. The van der Waals surface area contributed by atoms with Gasteiger partial charge in [-0.25, -0.2) is 4.57 Å². The van der Waals surface area contributed by atoms with Gasteiger partial charge in [-0.1, -0.05) is 110 Å². The van der Waals surface area contributed by atoms with E-state index in [4.69, 9.17) is 18.5 Å². The van der Waals surface area contributed by atoms with Crippen molar-refractivity contribution in [1.82, 2.24) is 0 Å². The van der Waals surface area contributed by atoms with E-state index in [0.29, 0.717) is 12.8 Å². The third-order valence-electron chi connectivity index (χ3n) is 8.20. The van der Waals surface area contributed by atoms with Crippen LogP contribution >= 0.6 is 7.82 Å². The van der Waals surface area contributed by atoms with Crippen molar-refractivity contribution in [2.45, 2.75) is 179 Å². The zero-order valence-electron chi connectivity index (χ0n) is 27.9.